The number of rotatable bonds is 3. The normalized spacial score (nSPS) is 10.8. The highest BCUT2D eigenvalue weighted by atomic mass is 79.9. The zero-order valence-corrected chi connectivity index (χ0v) is 10.4. The molecule has 0 saturated heterocycles. The van der Waals surface area contributed by atoms with E-state index in [1.54, 1.807) is 6.07 Å². The monoisotopic (exact) mass is 308 g/mol. The van der Waals surface area contributed by atoms with E-state index in [9.17, 15) is 13.2 Å². The number of alkyl halides is 3. The van der Waals surface area contributed by atoms with Crippen LogP contribution in [0.25, 0.3) is 0 Å². The van der Waals surface area contributed by atoms with Crippen molar-refractivity contribution in [2.75, 3.05) is 13.7 Å². The standard InChI is InChI=1S/C11H8BrF3O2/c1-3-7-4-5-8(16-2)10(9(7)12)17-6-11(13,14)15/h1,4-5H,6H2,2H3. The van der Waals surface area contributed by atoms with Crippen LogP contribution < -0.4 is 9.47 Å². The minimum atomic E-state index is -4.42. The van der Waals surface area contributed by atoms with Crippen molar-refractivity contribution in [3.8, 4) is 23.8 Å². The van der Waals surface area contributed by atoms with Gasteiger partial charge in [0.1, 0.15) is 0 Å². The number of terminal acetylenes is 1. The fourth-order valence-electron chi connectivity index (χ4n) is 1.10. The third kappa shape index (κ3) is 3.56. The second kappa shape index (κ2) is 5.32. The molecule has 0 fully saturated rings. The summed E-state index contributed by atoms with van der Waals surface area (Å²) in [6, 6.07) is 3.00. The summed E-state index contributed by atoms with van der Waals surface area (Å²) < 4.78 is 46.0. The van der Waals surface area contributed by atoms with E-state index in [1.165, 1.54) is 13.2 Å². The van der Waals surface area contributed by atoms with Crippen LogP contribution in [0.5, 0.6) is 11.5 Å². The van der Waals surface area contributed by atoms with Gasteiger partial charge in [-0.2, -0.15) is 13.2 Å². The average molecular weight is 309 g/mol. The van der Waals surface area contributed by atoms with E-state index >= 15 is 0 Å². The van der Waals surface area contributed by atoms with Gasteiger partial charge in [0.15, 0.2) is 18.1 Å². The van der Waals surface area contributed by atoms with Gasteiger partial charge >= 0.3 is 6.18 Å². The van der Waals surface area contributed by atoms with Crippen LogP contribution in [0.15, 0.2) is 16.6 Å². The Labute approximate surface area is 105 Å². The maximum absolute atomic E-state index is 12.1. The van der Waals surface area contributed by atoms with E-state index in [0.717, 1.165) is 0 Å². The number of methoxy groups -OCH3 is 1. The average Bonchev–Trinajstić information content (AvgIpc) is 2.25. The Morgan fingerprint density at radius 1 is 1.41 bits per heavy atom. The summed E-state index contributed by atoms with van der Waals surface area (Å²) in [5.41, 5.74) is 0.392. The summed E-state index contributed by atoms with van der Waals surface area (Å²) in [4.78, 5) is 0. The van der Waals surface area contributed by atoms with E-state index in [4.69, 9.17) is 11.2 Å². The van der Waals surface area contributed by atoms with Crippen molar-refractivity contribution in [3.63, 3.8) is 0 Å². The Kier molecular flexibility index (Phi) is 4.29. The lowest BCUT2D eigenvalue weighted by Gasteiger charge is -2.14. The number of hydrogen-bond donors (Lipinski definition) is 0. The molecule has 1 aromatic rings. The first-order valence-corrected chi connectivity index (χ1v) is 5.21. The summed E-state index contributed by atoms with van der Waals surface area (Å²) in [6.07, 6.45) is 0.774. The highest BCUT2D eigenvalue weighted by Gasteiger charge is 2.29. The Balaban J connectivity index is 3.07. The Morgan fingerprint density at radius 2 is 2.06 bits per heavy atom. The summed E-state index contributed by atoms with van der Waals surface area (Å²) in [5.74, 6) is 2.45. The van der Waals surface area contributed by atoms with Crippen molar-refractivity contribution in [2.24, 2.45) is 0 Å². The number of hydrogen-bond acceptors (Lipinski definition) is 2. The van der Waals surface area contributed by atoms with Crippen LogP contribution in [0, 0.1) is 12.3 Å². The van der Waals surface area contributed by atoms with Gasteiger partial charge in [0.2, 0.25) is 0 Å². The molecule has 0 N–H and O–H groups in total. The van der Waals surface area contributed by atoms with E-state index in [0.29, 0.717) is 5.56 Å². The molecule has 6 heteroatoms. The molecule has 0 unspecified atom stereocenters. The van der Waals surface area contributed by atoms with Crippen molar-refractivity contribution in [1.29, 1.82) is 0 Å². The van der Waals surface area contributed by atoms with Crippen molar-refractivity contribution in [1.82, 2.24) is 0 Å². The highest BCUT2D eigenvalue weighted by molar-refractivity contribution is 9.10. The molecular formula is C11H8BrF3O2. The van der Waals surface area contributed by atoms with E-state index in [-0.39, 0.29) is 16.0 Å². The van der Waals surface area contributed by atoms with Crippen molar-refractivity contribution in [2.45, 2.75) is 6.18 Å². The fraction of sp³-hybridized carbons (Fsp3) is 0.273. The van der Waals surface area contributed by atoms with Crippen LogP contribution in [0.1, 0.15) is 5.56 Å². The number of ether oxygens (including phenoxy) is 2. The molecule has 0 aliphatic rings. The second-order valence-corrected chi connectivity index (χ2v) is 3.80. The summed E-state index contributed by atoms with van der Waals surface area (Å²) in [7, 11) is 1.33. The first kappa shape index (κ1) is 13.7. The van der Waals surface area contributed by atoms with E-state index < -0.39 is 12.8 Å². The maximum atomic E-state index is 12.1. The molecule has 0 saturated carbocycles. The molecule has 2 nitrogen and oxygen atoms in total. The Hall–Kier alpha value is -1.35. The molecule has 0 heterocycles. The zero-order chi connectivity index (χ0) is 13.1. The predicted molar refractivity (Wildman–Crippen MR) is 60.2 cm³/mol. The quantitative estimate of drug-likeness (QED) is 0.797. The first-order valence-electron chi connectivity index (χ1n) is 4.41. The predicted octanol–water partition coefficient (Wildman–Crippen LogP) is 3.38. The SMILES string of the molecule is C#Cc1ccc(OC)c(OCC(F)(F)F)c1Br. The summed E-state index contributed by atoms with van der Waals surface area (Å²) in [5, 5.41) is 0. The van der Waals surface area contributed by atoms with Crippen molar-refractivity contribution in [3.05, 3.63) is 22.2 Å². The van der Waals surface area contributed by atoms with Crippen LogP contribution in [-0.4, -0.2) is 19.9 Å². The van der Waals surface area contributed by atoms with Gasteiger partial charge in [-0.3, -0.25) is 0 Å². The topological polar surface area (TPSA) is 18.5 Å². The van der Waals surface area contributed by atoms with Gasteiger partial charge in [0, 0.05) is 5.56 Å². The summed E-state index contributed by atoms with van der Waals surface area (Å²) in [6.45, 7) is -1.41. The minimum Gasteiger partial charge on any atom is -0.493 e. The van der Waals surface area contributed by atoms with Crippen LogP contribution in [0.2, 0.25) is 0 Å². The highest BCUT2D eigenvalue weighted by Crippen LogP contribution is 2.38. The number of benzene rings is 1. The van der Waals surface area contributed by atoms with E-state index in [1.807, 2.05) is 0 Å². The third-order valence-corrected chi connectivity index (χ3v) is 2.60. The molecule has 0 bridgehead atoms. The largest absolute Gasteiger partial charge is 0.493 e. The lowest BCUT2D eigenvalue weighted by Crippen LogP contribution is -2.19. The molecule has 0 amide bonds. The molecular weight excluding hydrogens is 301 g/mol. The minimum absolute atomic E-state index is 0.0553. The van der Waals surface area contributed by atoms with Crippen molar-refractivity contribution < 1.29 is 22.6 Å². The Morgan fingerprint density at radius 3 is 2.53 bits per heavy atom. The molecule has 0 spiro atoms. The van der Waals surface area contributed by atoms with Gasteiger partial charge in [-0.1, -0.05) is 5.92 Å². The smallest absolute Gasteiger partial charge is 0.422 e. The first-order chi connectivity index (χ1) is 7.89. The molecule has 17 heavy (non-hydrogen) atoms. The van der Waals surface area contributed by atoms with Crippen LogP contribution >= 0.6 is 15.9 Å². The molecule has 92 valence electrons. The number of halogens is 4. The molecule has 0 aliphatic heterocycles. The van der Waals surface area contributed by atoms with Gasteiger partial charge in [-0.25, -0.2) is 0 Å². The van der Waals surface area contributed by atoms with Gasteiger partial charge in [-0.15, -0.1) is 6.42 Å². The lowest BCUT2D eigenvalue weighted by molar-refractivity contribution is -0.153. The summed E-state index contributed by atoms with van der Waals surface area (Å²) >= 11 is 3.09. The van der Waals surface area contributed by atoms with Gasteiger partial charge in [0.25, 0.3) is 0 Å². The van der Waals surface area contributed by atoms with Gasteiger partial charge < -0.3 is 9.47 Å². The molecule has 0 aromatic heterocycles. The van der Waals surface area contributed by atoms with Crippen molar-refractivity contribution >= 4 is 15.9 Å². The maximum Gasteiger partial charge on any atom is 0.422 e. The molecule has 1 aromatic carbocycles. The second-order valence-electron chi connectivity index (χ2n) is 3.01. The van der Waals surface area contributed by atoms with Crippen LogP contribution in [0.3, 0.4) is 0 Å². The molecule has 1 rings (SSSR count). The zero-order valence-electron chi connectivity index (χ0n) is 8.77. The van der Waals surface area contributed by atoms with Crippen LogP contribution in [0.4, 0.5) is 13.2 Å². The third-order valence-electron chi connectivity index (χ3n) is 1.82. The molecule has 0 aliphatic carbocycles. The Bertz CT molecular complexity index is 449. The molecule has 0 radical (unpaired) electrons. The van der Waals surface area contributed by atoms with Gasteiger partial charge in [0.05, 0.1) is 11.6 Å². The molecule has 0 atom stereocenters. The van der Waals surface area contributed by atoms with Gasteiger partial charge in [-0.05, 0) is 28.1 Å². The fourth-order valence-corrected chi connectivity index (χ4v) is 1.66. The van der Waals surface area contributed by atoms with E-state index in [2.05, 4.69) is 26.6 Å². The lowest BCUT2D eigenvalue weighted by atomic mass is 10.2. The van der Waals surface area contributed by atoms with Crippen LogP contribution in [-0.2, 0) is 0 Å².